The zero-order valence-electron chi connectivity index (χ0n) is 9.71. The molecule has 0 N–H and O–H groups in total. The third-order valence-corrected chi connectivity index (χ3v) is 2.41. The van der Waals surface area contributed by atoms with Crippen LogP contribution >= 0.6 is 0 Å². The van der Waals surface area contributed by atoms with Gasteiger partial charge in [-0.25, -0.2) is 0 Å². The van der Waals surface area contributed by atoms with Gasteiger partial charge in [0.15, 0.2) is 0 Å². The second-order valence-electron chi connectivity index (χ2n) is 3.79. The van der Waals surface area contributed by atoms with E-state index in [0.717, 1.165) is 0 Å². The number of carboxylic acids is 2. The Bertz CT molecular complexity index is 350. The summed E-state index contributed by atoms with van der Waals surface area (Å²) in [5, 5.41) is 26.6. The smallest absolute Gasteiger partial charge is 0.646 e. The first-order valence-electron chi connectivity index (χ1n) is 5.29. The molecule has 2 heterocycles. The minimum absolute atomic E-state index is 0. The van der Waals surface area contributed by atoms with Crippen LogP contribution in [-0.4, -0.2) is 35.8 Å². The molecule has 0 aromatic rings. The van der Waals surface area contributed by atoms with Gasteiger partial charge >= 0.3 is 17.1 Å². The maximum absolute atomic E-state index is 10.3. The maximum Gasteiger partial charge on any atom is 2.00 e. The summed E-state index contributed by atoms with van der Waals surface area (Å²) in [7, 11) is 0. The second kappa shape index (κ2) is 7.75. The Labute approximate surface area is 119 Å². The Hall–Kier alpha value is -1.60. The van der Waals surface area contributed by atoms with E-state index in [2.05, 4.69) is 10.6 Å². The van der Waals surface area contributed by atoms with E-state index in [1.54, 1.807) is 0 Å². The molecule has 0 aliphatic carbocycles. The second-order valence-corrected chi connectivity index (χ2v) is 3.79. The van der Waals surface area contributed by atoms with Crippen LogP contribution < -0.4 is 10.2 Å². The van der Waals surface area contributed by atoms with E-state index in [4.69, 9.17) is 0 Å². The molecule has 2 amide bonds. The van der Waals surface area contributed by atoms with Crippen molar-refractivity contribution in [2.24, 2.45) is 0 Å². The zero-order chi connectivity index (χ0) is 13.7. The monoisotopic (exact) mass is 309 g/mol. The van der Waals surface area contributed by atoms with Crippen LogP contribution in [0.2, 0.25) is 0 Å². The number of hydrogen-bond acceptors (Lipinski definition) is 6. The SMILES string of the molecule is O=C1CCC(C(=O)[O-])[N-]1.O=C1CCC(C(=O)[O-])[N-]1.[Mn+2]. The van der Waals surface area contributed by atoms with Crippen molar-refractivity contribution in [1.29, 1.82) is 0 Å². The number of amides is 2. The van der Waals surface area contributed by atoms with Gasteiger partial charge in [-0.2, -0.15) is 0 Å². The summed E-state index contributed by atoms with van der Waals surface area (Å²) >= 11 is 0. The fourth-order valence-corrected chi connectivity index (χ4v) is 1.47. The van der Waals surface area contributed by atoms with Crippen LogP contribution in [0, 0.1) is 0 Å². The third kappa shape index (κ3) is 5.71. The summed E-state index contributed by atoms with van der Waals surface area (Å²) in [6, 6.07) is -1.75. The molecule has 2 aliphatic heterocycles. The van der Waals surface area contributed by atoms with Gasteiger partial charge in [-0.1, -0.05) is 24.9 Å². The molecule has 0 aromatic carbocycles. The van der Waals surface area contributed by atoms with Gasteiger partial charge in [0.05, 0.1) is 11.8 Å². The molecule has 0 bridgehead atoms. The molecule has 0 saturated carbocycles. The minimum Gasteiger partial charge on any atom is -0.646 e. The van der Waals surface area contributed by atoms with Crippen LogP contribution in [0.4, 0.5) is 0 Å². The van der Waals surface area contributed by atoms with E-state index in [9.17, 15) is 29.4 Å². The number of carbonyl (C=O) groups excluding carboxylic acids is 4. The summed E-state index contributed by atoms with van der Waals surface area (Å²) in [5.41, 5.74) is 0. The van der Waals surface area contributed by atoms with E-state index in [0.29, 0.717) is 12.8 Å². The van der Waals surface area contributed by atoms with Crippen molar-refractivity contribution >= 4 is 23.8 Å². The quantitative estimate of drug-likeness (QED) is 0.520. The summed E-state index contributed by atoms with van der Waals surface area (Å²) in [6.45, 7) is 0. The molecule has 2 rings (SSSR count). The maximum atomic E-state index is 10.3. The van der Waals surface area contributed by atoms with E-state index in [-0.39, 0.29) is 41.7 Å². The first-order chi connectivity index (χ1) is 8.40. The first-order valence-corrected chi connectivity index (χ1v) is 5.29. The van der Waals surface area contributed by atoms with E-state index in [1.807, 2.05) is 0 Å². The van der Waals surface area contributed by atoms with Crippen molar-refractivity contribution in [3.8, 4) is 0 Å². The summed E-state index contributed by atoms with van der Waals surface area (Å²) in [4.78, 5) is 40.6. The van der Waals surface area contributed by atoms with Gasteiger partial charge in [-0.15, -0.1) is 0 Å². The molecule has 2 fully saturated rings. The van der Waals surface area contributed by atoms with E-state index in [1.165, 1.54) is 0 Å². The largest absolute Gasteiger partial charge is 2.00 e. The van der Waals surface area contributed by atoms with Crippen LogP contribution in [0.5, 0.6) is 0 Å². The molecule has 2 aliphatic rings. The van der Waals surface area contributed by atoms with Gasteiger partial charge in [0.25, 0.3) is 0 Å². The molecular formula is C10H10MnN2O6-2. The van der Waals surface area contributed by atoms with E-state index < -0.39 is 24.0 Å². The summed E-state index contributed by atoms with van der Waals surface area (Å²) in [5.74, 6) is -3.16. The van der Waals surface area contributed by atoms with Crippen molar-refractivity contribution in [3.63, 3.8) is 0 Å². The topological polar surface area (TPSA) is 143 Å². The third-order valence-electron chi connectivity index (χ3n) is 2.41. The fourth-order valence-electron chi connectivity index (χ4n) is 1.47. The average molecular weight is 309 g/mol. The number of aliphatic carboxylic acids is 2. The zero-order valence-corrected chi connectivity index (χ0v) is 10.9. The molecule has 2 unspecified atom stereocenters. The number of hydrogen-bond donors (Lipinski definition) is 0. The predicted octanol–water partition coefficient (Wildman–Crippen LogP) is -2.40. The van der Waals surface area contributed by atoms with Crippen molar-refractivity contribution in [2.75, 3.05) is 0 Å². The molecule has 1 radical (unpaired) electrons. The molecule has 2 saturated heterocycles. The van der Waals surface area contributed by atoms with Gasteiger partial charge < -0.3 is 40.0 Å². The van der Waals surface area contributed by atoms with Gasteiger partial charge in [0, 0.05) is 11.9 Å². The van der Waals surface area contributed by atoms with Crippen molar-refractivity contribution in [2.45, 2.75) is 37.8 Å². The summed E-state index contributed by atoms with van der Waals surface area (Å²) < 4.78 is 0. The Morgan fingerprint density at radius 2 is 1.21 bits per heavy atom. The first kappa shape index (κ1) is 17.4. The normalized spacial score (nSPS) is 24.4. The predicted molar refractivity (Wildman–Crippen MR) is 52.8 cm³/mol. The van der Waals surface area contributed by atoms with Gasteiger partial charge in [0.2, 0.25) is 0 Å². The minimum atomic E-state index is -1.25. The molecule has 105 valence electrons. The van der Waals surface area contributed by atoms with Gasteiger partial charge in [-0.3, -0.25) is 0 Å². The van der Waals surface area contributed by atoms with Crippen LogP contribution in [-0.2, 0) is 36.2 Å². The van der Waals surface area contributed by atoms with Gasteiger partial charge in [0.1, 0.15) is 0 Å². The fraction of sp³-hybridized carbons (Fsp3) is 0.600. The molecule has 9 heteroatoms. The Morgan fingerprint density at radius 1 is 0.895 bits per heavy atom. The summed E-state index contributed by atoms with van der Waals surface area (Å²) in [6.07, 6.45) is 1.11. The van der Waals surface area contributed by atoms with Crippen LogP contribution in [0.15, 0.2) is 0 Å². The van der Waals surface area contributed by atoms with Crippen molar-refractivity contribution in [3.05, 3.63) is 10.6 Å². The molecule has 0 aromatic heterocycles. The van der Waals surface area contributed by atoms with Crippen LogP contribution in [0.1, 0.15) is 25.7 Å². The Kier molecular flexibility index (Phi) is 7.10. The number of carbonyl (C=O) groups is 4. The number of nitrogens with zero attached hydrogens (tertiary/aromatic N) is 2. The molecule has 0 spiro atoms. The Balaban J connectivity index is 0.000000324. The van der Waals surface area contributed by atoms with E-state index >= 15 is 0 Å². The molecule has 19 heavy (non-hydrogen) atoms. The molecule has 8 nitrogen and oxygen atoms in total. The van der Waals surface area contributed by atoms with Crippen LogP contribution in [0.3, 0.4) is 0 Å². The number of carboxylic acid groups (broad SMARTS) is 2. The van der Waals surface area contributed by atoms with Crippen molar-refractivity contribution in [1.82, 2.24) is 0 Å². The van der Waals surface area contributed by atoms with Gasteiger partial charge in [-0.05, 0) is 12.8 Å². The van der Waals surface area contributed by atoms with Crippen LogP contribution in [0.25, 0.3) is 10.6 Å². The molecule has 2 atom stereocenters. The number of rotatable bonds is 2. The average Bonchev–Trinajstić information content (AvgIpc) is 2.88. The standard InChI is InChI=1S/2C5H7NO3.Mn/c2*7-4-2-1-3(6-4)5(8)9;/h2*3H,1-2H2,(H2,6,7,8,9);/q;;+2/p-4. The Morgan fingerprint density at radius 3 is 1.32 bits per heavy atom. The molecular weight excluding hydrogens is 299 g/mol. The van der Waals surface area contributed by atoms with Crippen molar-refractivity contribution < 1.29 is 46.5 Å².